The number of fused-ring (bicyclic) bond motifs is 12. The summed E-state index contributed by atoms with van der Waals surface area (Å²) in [6.07, 6.45) is 5.72. The summed E-state index contributed by atoms with van der Waals surface area (Å²) in [4.78, 5) is 0. The van der Waals surface area contributed by atoms with Crippen LogP contribution in [0.2, 0.25) is 0 Å². The summed E-state index contributed by atoms with van der Waals surface area (Å²) in [6, 6.07) is 93.0. The zero-order chi connectivity index (χ0) is 52.5. The minimum absolute atomic E-state index is 0.104. The molecule has 374 valence electrons. The molecule has 3 aromatic heterocycles. The highest BCUT2D eigenvalue weighted by atomic mass is 15.0. The molecular formula is C76H55N3. The molecule has 79 heavy (non-hydrogen) atoms. The van der Waals surface area contributed by atoms with Gasteiger partial charge in [-0.15, -0.1) is 0 Å². The Bertz CT molecular complexity index is 4840. The Hall–Kier alpha value is -9.70. The highest BCUT2D eigenvalue weighted by Crippen LogP contribution is 2.51. The molecule has 2 aliphatic carbocycles. The molecule has 0 radical (unpaired) electrons. The Morgan fingerprint density at radius 3 is 1.72 bits per heavy atom. The van der Waals surface area contributed by atoms with E-state index in [1.54, 1.807) is 0 Å². The number of allylic oxidation sites excluding steroid dienone is 1. The van der Waals surface area contributed by atoms with Crippen LogP contribution in [0.25, 0.3) is 133 Å². The van der Waals surface area contributed by atoms with E-state index in [1.165, 1.54) is 144 Å². The fourth-order valence-corrected chi connectivity index (χ4v) is 13.9. The van der Waals surface area contributed by atoms with Crippen molar-refractivity contribution < 1.29 is 0 Å². The summed E-state index contributed by atoms with van der Waals surface area (Å²) in [5, 5.41) is 6.27. The molecule has 0 saturated heterocycles. The Balaban J connectivity index is 0.927. The van der Waals surface area contributed by atoms with Crippen molar-refractivity contribution in [1.29, 1.82) is 0 Å². The van der Waals surface area contributed by atoms with Crippen molar-refractivity contribution in [2.75, 3.05) is 0 Å². The van der Waals surface area contributed by atoms with Crippen LogP contribution in [0.5, 0.6) is 0 Å². The van der Waals surface area contributed by atoms with Crippen molar-refractivity contribution in [3.05, 3.63) is 277 Å². The van der Waals surface area contributed by atoms with Crippen molar-refractivity contribution in [2.45, 2.75) is 32.6 Å². The Labute approximate surface area is 460 Å². The fourth-order valence-electron chi connectivity index (χ4n) is 13.9. The Kier molecular flexibility index (Phi) is 10.0. The maximum absolute atomic E-state index is 2.53. The first kappa shape index (κ1) is 45.5. The van der Waals surface area contributed by atoms with Crippen molar-refractivity contribution in [3.8, 4) is 72.7 Å². The van der Waals surface area contributed by atoms with Crippen LogP contribution in [0, 0.1) is 5.92 Å². The molecule has 11 aromatic carbocycles. The highest BCUT2D eigenvalue weighted by molar-refractivity contribution is 6.16. The molecule has 3 nitrogen and oxygen atoms in total. The van der Waals surface area contributed by atoms with Crippen LogP contribution in [0.3, 0.4) is 0 Å². The zero-order valence-electron chi connectivity index (χ0n) is 44.5. The van der Waals surface area contributed by atoms with E-state index >= 15 is 0 Å². The van der Waals surface area contributed by atoms with Crippen LogP contribution in [0.4, 0.5) is 0 Å². The normalized spacial score (nSPS) is 14.4. The second-order valence-corrected chi connectivity index (χ2v) is 22.5. The maximum Gasteiger partial charge on any atom is 0.0547 e. The summed E-state index contributed by atoms with van der Waals surface area (Å²) in [5.74, 6) is 0.452. The van der Waals surface area contributed by atoms with Crippen LogP contribution >= 0.6 is 0 Å². The van der Waals surface area contributed by atoms with Gasteiger partial charge in [-0.3, -0.25) is 0 Å². The van der Waals surface area contributed by atoms with Gasteiger partial charge in [0.25, 0.3) is 0 Å². The van der Waals surface area contributed by atoms with E-state index in [0.29, 0.717) is 5.92 Å². The van der Waals surface area contributed by atoms with Crippen LogP contribution < -0.4 is 0 Å². The minimum atomic E-state index is -0.104. The van der Waals surface area contributed by atoms with E-state index in [-0.39, 0.29) is 5.41 Å². The molecule has 0 spiro atoms. The lowest BCUT2D eigenvalue weighted by Gasteiger charge is -2.22. The van der Waals surface area contributed by atoms with Gasteiger partial charge in [0.15, 0.2) is 0 Å². The van der Waals surface area contributed by atoms with Gasteiger partial charge in [-0.1, -0.05) is 191 Å². The van der Waals surface area contributed by atoms with E-state index in [4.69, 9.17) is 0 Å². The average molecular weight is 1010 g/mol. The molecule has 0 aliphatic heterocycles. The third-order valence-electron chi connectivity index (χ3n) is 17.6. The molecule has 3 heteroatoms. The van der Waals surface area contributed by atoms with Gasteiger partial charge in [-0.05, 0) is 170 Å². The first-order chi connectivity index (χ1) is 38.9. The van der Waals surface area contributed by atoms with E-state index in [2.05, 4.69) is 295 Å². The van der Waals surface area contributed by atoms with Gasteiger partial charge in [0.05, 0.1) is 33.3 Å². The van der Waals surface area contributed by atoms with Gasteiger partial charge in [-0.2, -0.15) is 0 Å². The van der Waals surface area contributed by atoms with Gasteiger partial charge in [-0.25, -0.2) is 0 Å². The topological polar surface area (TPSA) is 14.8 Å². The van der Waals surface area contributed by atoms with E-state index in [0.717, 1.165) is 12.1 Å². The summed E-state index contributed by atoms with van der Waals surface area (Å²) in [6.45, 7) is 7.09. The molecule has 14 aromatic rings. The van der Waals surface area contributed by atoms with Gasteiger partial charge < -0.3 is 13.7 Å². The fraction of sp³-hybridized carbons (Fsp3) is 0.0789. The number of aromatic nitrogens is 3. The first-order valence-electron chi connectivity index (χ1n) is 27.9. The second kappa shape index (κ2) is 17.4. The Morgan fingerprint density at radius 2 is 0.937 bits per heavy atom. The minimum Gasteiger partial charge on any atom is -0.310 e. The third kappa shape index (κ3) is 6.92. The Morgan fingerprint density at radius 1 is 0.354 bits per heavy atom. The van der Waals surface area contributed by atoms with E-state index in [9.17, 15) is 0 Å². The maximum atomic E-state index is 2.53. The van der Waals surface area contributed by atoms with Crippen molar-refractivity contribution in [1.82, 2.24) is 13.7 Å². The zero-order valence-corrected chi connectivity index (χ0v) is 44.5. The SMILES string of the molecule is CC1C=Cc2c(c3cc(-c4cc(-c5ccc6c(c5)c5ccccc5n6-c5ccccc5-c5ccccc5)cc(-n5c6ccccc6c6c(-c7ccc8c(c7)C(C)(C)c7ccccc7-8)cccc65)c4)ccc3n2-c2ccccc2)C1. The van der Waals surface area contributed by atoms with Gasteiger partial charge >= 0.3 is 0 Å². The molecule has 16 rings (SSSR count). The predicted molar refractivity (Wildman–Crippen MR) is 333 cm³/mol. The summed E-state index contributed by atoms with van der Waals surface area (Å²) < 4.78 is 7.44. The molecular weight excluding hydrogens is 955 g/mol. The molecule has 0 N–H and O–H groups in total. The number of rotatable bonds is 7. The average Bonchev–Trinajstić information content (AvgIpc) is 4.36. The molecule has 0 fully saturated rings. The molecule has 1 unspecified atom stereocenters. The van der Waals surface area contributed by atoms with Crippen LogP contribution in [-0.4, -0.2) is 13.7 Å². The van der Waals surface area contributed by atoms with Crippen LogP contribution in [-0.2, 0) is 11.8 Å². The monoisotopic (exact) mass is 1010 g/mol. The quantitative estimate of drug-likeness (QED) is 0.151. The van der Waals surface area contributed by atoms with E-state index < -0.39 is 0 Å². The number of para-hydroxylation sites is 4. The summed E-state index contributed by atoms with van der Waals surface area (Å²) in [7, 11) is 0. The molecule has 0 amide bonds. The van der Waals surface area contributed by atoms with E-state index in [1.807, 2.05) is 0 Å². The smallest absolute Gasteiger partial charge is 0.0547 e. The third-order valence-corrected chi connectivity index (χ3v) is 17.6. The lowest BCUT2D eigenvalue weighted by molar-refractivity contribution is 0.660. The van der Waals surface area contributed by atoms with Crippen LogP contribution in [0.1, 0.15) is 43.2 Å². The van der Waals surface area contributed by atoms with Gasteiger partial charge in [0.1, 0.15) is 0 Å². The predicted octanol–water partition coefficient (Wildman–Crippen LogP) is 20.0. The van der Waals surface area contributed by atoms with Gasteiger partial charge in [0.2, 0.25) is 0 Å². The van der Waals surface area contributed by atoms with Crippen molar-refractivity contribution >= 4 is 60.6 Å². The number of nitrogens with zero attached hydrogens (tertiary/aromatic N) is 3. The van der Waals surface area contributed by atoms with Crippen LogP contribution in [0.15, 0.2) is 255 Å². The molecule has 1 atom stereocenters. The second-order valence-electron chi connectivity index (χ2n) is 22.5. The number of benzene rings is 11. The summed E-state index contributed by atoms with van der Waals surface area (Å²) in [5.41, 5.74) is 27.1. The highest BCUT2D eigenvalue weighted by Gasteiger charge is 2.35. The number of hydrogen-bond acceptors (Lipinski definition) is 0. The van der Waals surface area contributed by atoms with Crippen molar-refractivity contribution in [3.63, 3.8) is 0 Å². The first-order valence-corrected chi connectivity index (χ1v) is 27.9. The summed E-state index contributed by atoms with van der Waals surface area (Å²) >= 11 is 0. The molecule has 3 heterocycles. The van der Waals surface area contributed by atoms with Crippen molar-refractivity contribution in [2.24, 2.45) is 5.92 Å². The molecule has 2 aliphatic rings. The lowest BCUT2D eigenvalue weighted by Crippen LogP contribution is -2.14. The largest absolute Gasteiger partial charge is 0.310 e. The number of hydrogen-bond donors (Lipinski definition) is 0. The van der Waals surface area contributed by atoms with Gasteiger partial charge in [0, 0.05) is 55.0 Å². The molecule has 0 saturated carbocycles. The molecule has 0 bridgehead atoms. The lowest BCUT2D eigenvalue weighted by atomic mass is 9.81. The standard InChI is InChI=1S/C76H55N3/c1-48-33-38-71-63(41-48)65-46-51(35-39-72(65)77(71)55-21-8-5-9-22-55)54-42-53(50-36-40-73-64(45-50)61-25-12-16-30-69(61)79(73)68-29-15-11-23-57(68)49-19-6-4-7-20-49)43-56(44-54)78-70-31-17-13-26-62(70)75-58(27-18-32-74(75)78)52-34-37-60-59-24-10-14-28-66(59)76(2,3)67(60)47-52/h4-40,42-48H,41H2,1-3H3.